The van der Waals surface area contributed by atoms with Crippen LogP contribution < -0.4 is 5.56 Å². The quantitative estimate of drug-likeness (QED) is 0.572. The Labute approximate surface area is 113 Å². The Hall–Kier alpha value is -2.95. The van der Waals surface area contributed by atoms with E-state index < -0.39 is 0 Å². The molecule has 0 aliphatic heterocycles. The molecule has 0 bridgehead atoms. The van der Waals surface area contributed by atoms with Crippen LogP contribution in [-0.4, -0.2) is 19.4 Å². The van der Waals surface area contributed by atoms with Crippen LogP contribution in [0.1, 0.15) is 0 Å². The highest BCUT2D eigenvalue weighted by molar-refractivity contribution is 5.80. The van der Waals surface area contributed by atoms with Gasteiger partial charge in [0.2, 0.25) is 5.78 Å². The fourth-order valence-corrected chi connectivity index (χ4v) is 2.36. The van der Waals surface area contributed by atoms with Crippen LogP contribution in [0.15, 0.2) is 59.8 Å². The van der Waals surface area contributed by atoms with Gasteiger partial charge in [0.05, 0.1) is 16.6 Å². The lowest BCUT2D eigenvalue weighted by atomic mass is 10.2. The van der Waals surface area contributed by atoms with Crippen molar-refractivity contribution in [2.45, 2.75) is 0 Å². The summed E-state index contributed by atoms with van der Waals surface area (Å²) in [6.07, 6.45) is 5.36. The van der Waals surface area contributed by atoms with Crippen molar-refractivity contribution in [3.05, 3.63) is 65.3 Å². The zero-order valence-electron chi connectivity index (χ0n) is 10.4. The van der Waals surface area contributed by atoms with Gasteiger partial charge in [0, 0.05) is 24.2 Å². The van der Waals surface area contributed by atoms with Crippen molar-refractivity contribution >= 4 is 16.7 Å². The predicted octanol–water partition coefficient (Wildman–Crippen LogP) is 2.24. The number of hydrogen-bond acceptors (Lipinski definition) is 3. The molecule has 0 saturated carbocycles. The van der Waals surface area contributed by atoms with E-state index in [4.69, 9.17) is 0 Å². The molecular formula is C15H10N4O. The Morgan fingerprint density at radius 1 is 1.05 bits per heavy atom. The van der Waals surface area contributed by atoms with Crippen molar-refractivity contribution in [2.75, 3.05) is 0 Å². The molecule has 3 aromatic heterocycles. The van der Waals surface area contributed by atoms with E-state index in [1.807, 2.05) is 40.9 Å². The second-order valence-electron chi connectivity index (χ2n) is 4.53. The molecule has 1 aromatic carbocycles. The minimum atomic E-state index is -0.125. The van der Waals surface area contributed by atoms with Crippen LogP contribution in [0, 0.1) is 0 Å². The van der Waals surface area contributed by atoms with Crippen LogP contribution in [-0.2, 0) is 0 Å². The molecule has 0 aliphatic rings. The van der Waals surface area contributed by atoms with Crippen molar-refractivity contribution in [3.8, 4) is 11.3 Å². The van der Waals surface area contributed by atoms with Crippen LogP contribution in [0.4, 0.5) is 0 Å². The molecule has 96 valence electrons. The first kappa shape index (κ1) is 10.9. The number of aromatic amines is 1. The predicted molar refractivity (Wildman–Crippen MR) is 76.5 cm³/mol. The molecule has 0 unspecified atom stereocenters. The Bertz CT molecular complexity index is 969. The van der Waals surface area contributed by atoms with Crippen molar-refractivity contribution in [1.82, 2.24) is 19.4 Å². The van der Waals surface area contributed by atoms with E-state index in [2.05, 4.69) is 15.0 Å². The van der Waals surface area contributed by atoms with E-state index in [0.717, 1.165) is 16.8 Å². The largest absolute Gasteiger partial charge is 0.291 e. The maximum absolute atomic E-state index is 12.0. The van der Waals surface area contributed by atoms with Crippen molar-refractivity contribution in [1.29, 1.82) is 0 Å². The van der Waals surface area contributed by atoms with Crippen molar-refractivity contribution in [3.63, 3.8) is 0 Å². The summed E-state index contributed by atoms with van der Waals surface area (Å²) < 4.78 is 1.90. The summed E-state index contributed by atoms with van der Waals surface area (Å²) in [6, 6.07) is 11.3. The number of pyridine rings is 1. The first-order valence-corrected chi connectivity index (χ1v) is 6.23. The maximum atomic E-state index is 12.0. The van der Waals surface area contributed by atoms with Gasteiger partial charge in [-0.05, 0) is 24.3 Å². The molecule has 4 rings (SSSR count). The van der Waals surface area contributed by atoms with Gasteiger partial charge in [-0.3, -0.25) is 19.2 Å². The van der Waals surface area contributed by atoms with Gasteiger partial charge in [0.15, 0.2) is 0 Å². The molecule has 3 heterocycles. The van der Waals surface area contributed by atoms with Gasteiger partial charge in [-0.15, -0.1) is 0 Å². The van der Waals surface area contributed by atoms with E-state index in [1.165, 1.54) is 0 Å². The molecule has 0 saturated heterocycles. The van der Waals surface area contributed by atoms with Crippen LogP contribution in [0.3, 0.4) is 0 Å². The summed E-state index contributed by atoms with van der Waals surface area (Å²) in [4.78, 5) is 23.3. The zero-order valence-corrected chi connectivity index (χ0v) is 10.4. The van der Waals surface area contributed by atoms with E-state index in [-0.39, 0.29) is 5.56 Å². The SMILES string of the molecule is O=c1[nH]c2nc(-c3ccncc3)cn2c2ccccc12. The van der Waals surface area contributed by atoms with E-state index in [9.17, 15) is 4.79 Å². The molecule has 0 spiro atoms. The lowest BCUT2D eigenvalue weighted by Crippen LogP contribution is -2.09. The second kappa shape index (κ2) is 4.03. The fraction of sp³-hybridized carbons (Fsp3) is 0. The fourth-order valence-electron chi connectivity index (χ4n) is 2.36. The molecule has 5 nitrogen and oxygen atoms in total. The molecule has 0 radical (unpaired) electrons. The Morgan fingerprint density at radius 2 is 1.85 bits per heavy atom. The number of H-pyrrole nitrogens is 1. The lowest BCUT2D eigenvalue weighted by molar-refractivity contribution is 1.14. The summed E-state index contributed by atoms with van der Waals surface area (Å²) in [6.45, 7) is 0. The summed E-state index contributed by atoms with van der Waals surface area (Å²) in [5.41, 5.74) is 2.49. The number of para-hydroxylation sites is 1. The Morgan fingerprint density at radius 3 is 2.70 bits per heavy atom. The Kier molecular flexibility index (Phi) is 2.20. The highest BCUT2D eigenvalue weighted by Gasteiger charge is 2.08. The first-order chi connectivity index (χ1) is 9.83. The average molecular weight is 262 g/mol. The monoisotopic (exact) mass is 262 g/mol. The molecule has 0 amide bonds. The molecule has 5 heteroatoms. The Balaban J connectivity index is 2.10. The summed E-state index contributed by atoms with van der Waals surface area (Å²) in [5, 5.41) is 0.652. The third-order valence-corrected chi connectivity index (χ3v) is 3.32. The van der Waals surface area contributed by atoms with Gasteiger partial charge >= 0.3 is 0 Å². The van der Waals surface area contributed by atoms with E-state index in [1.54, 1.807) is 18.5 Å². The summed E-state index contributed by atoms with van der Waals surface area (Å²) in [5.74, 6) is 0.542. The minimum Gasteiger partial charge on any atom is -0.291 e. The van der Waals surface area contributed by atoms with Crippen molar-refractivity contribution in [2.24, 2.45) is 0 Å². The number of benzene rings is 1. The summed E-state index contributed by atoms with van der Waals surface area (Å²) >= 11 is 0. The van der Waals surface area contributed by atoms with Crippen LogP contribution in [0.2, 0.25) is 0 Å². The first-order valence-electron chi connectivity index (χ1n) is 6.23. The normalized spacial score (nSPS) is 11.2. The zero-order chi connectivity index (χ0) is 13.5. The van der Waals surface area contributed by atoms with Gasteiger partial charge in [-0.2, -0.15) is 0 Å². The average Bonchev–Trinajstić information content (AvgIpc) is 2.93. The number of nitrogens with one attached hydrogen (secondary N) is 1. The number of rotatable bonds is 1. The van der Waals surface area contributed by atoms with Gasteiger partial charge in [0.25, 0.3) is 5.56 Å². The minimum absolute atomic E-state index is 0.125. The smallest absolute Gasteiger partial charge is 0.260 e. The molecule has 20 heavy (non-hydrogen) atoms. The van der Waals surface area contributed by atoms with Crippen LogP contribution >= 0.6 is 0 Å². The number of imidazole rings is 1. The van der Waals surface area contributed by atoms with Crippen molar-refractivity contribution < 1.29 is 0 Å². The standard InChI is InChI=1S/C15H10N4O/c20-14-11-3-1-2-4-13(11)19-9-12(17-15(19)18-14)10-5-7-16-8-6-10/h1-9H,(H,17,18,20). The van der Waals surface area contributed by atoms with E-state index in [0.29, 0.717) is 11.2 Å². The molecule has 0 aliphatic carbocycles. The lowest BCUT2D eigenvalue weighted by Gasteiger charge is -1.99. The van der Waals surface area contributed by atoms with Gasteiger partial charge in [0.1, 0.15) is 0 Å². The summed E-state index contributed by atoms with van der Waals surface area (Å²) in [7, 11) is 0. The molecule has 4 aromatic rings. The third kappa shape index (κ3) is 1.53. The molecule has 0 fully saturated rings. The molecular weight excluding hydrogens is 252 g/mol. The van der Waals surface area contributed by atoms with E-state index >= 15 is 0 Å². The number of nitrogens with zero attached hydrogens (tertiary/aromatic N) is 3. The van der Waals surface area contributed by atoms with Crippen LogP contribution in [0.5, 0.6) is 0 Å². The molecule has 1 N–H and O–H groups in total. The molecule has 0 atom stereocenters. The van der Waals surface area contributed by atoms with Gasteiger partial charge < -0.3 is 0 Å². The topological polar surface area (TPSA) is 63.0 Å². The van der Waals surface area contributed by atoms with Gasteiger partial charge in [-0.25, -0.2) is 4.98 Å². The van der Waals surface area contributed by atoms with Gasteiger partial charge in [-0.1, -0.05) is 12.1 Å². The third-order valence-electron chi connectivity index (χ3n) is 3.32. The highest BCUT2D eigenvalue weighted by atomic mass is 16.1. The highest BCUT2D eigenvalue weighted by Crippen LogP contribution is 2.19. The number of fused-ring (bicyclic) bond motifs is 3. The van der Waals surface area contributed by atoms with Crippen LogP contribution in [0.25, 0.3) is 27.9 Å². The maximum Gasteiger partial charge on any atom is 0.260 e. The second-order valence-corrected chi connectivity index (χ2v) is 4.53. The number of aromatic nitrogens is 4. The number of hydrogen-bond donors (Lipinski definition) is 1.